The molecule has 0 fully saturated rings. The van der Waals surface area contributed by atoms with Crippen molar-refractivity contribution in [3.8, 4) is 5.75 Å². The smallest absolute Gasteiger partial charge is 0.242 e. The molecule has 2 N–H and O–H groups in total. The Balaban J connectivity index is 2.57. The lowest BCUT2D eigenvalue weighted by Crippen LogP contribution is -2.39. The van der Waals surface area contributed by atoms with E-state index in [1.807, 2.05) is 45.0 Å². The lowest BCUT2D eigenvalue weighted by molar-refractivity contribution is -0.127. The molecule has 1 radical (unpaired) electrons. The summed E-state index contributed by atoms with van der Waals surface area (Å²) < 4.78 is 10.8. The minimum atomic E-state index is -0.638. The first-order valence-electron chi connectivity index (χ1n) is 6.59. The molecule has 0 aliphatic rings. The molecule has 0 aliphatic carbocycles. The lowest BCUT2D eigenvalue weighted by Gasteiger charge is -2.27. The highest BCUT2D eigenvalue weighted by Gasteiger charge is 2.20. The molecule has 1 rings (SSSR count). The number of ether oxygens (including phenoxy) is 2. The van der Waals surface area contributed by atoms with Crippen molar-refractivity contribution in [2.75, 3.05) is 7.11 Å². The SMILES string of the molecule is COc1ccc(CNC(CC([NH])=O)OC(C)(C)C)cc1. The molecule has 0 saturated heterocycles. The van der Waals surface area contributed by atoms with Gasteiger partial charge < -0.3 is 9.47 Å². The first-order chi connectivity index (χ1) is 9.30. The summed E-state index contributed by atoms with van der Waals surface area (Å²) in [6.45, 7) is 6.33. The molecular weight excluding hydrogens is 256 g/mol. The number of rotatable bonds is 7. The number of hydrogen-bond acceptors (Lipinski definition) is 4. The minimum Gasteiger partial charge on any atom is -0.497 e. The molecule has 111 valence electrons. The van der Waals surface area contributed by atoms with Crippen molar-refractivity contribution in [1.29, 1.82) is 0 Å². The first-order valence-corrected chi connectivity index (χ1v) is 6.59. The van der Waals surface area contributed by atoms with Crippen LogP contribution in [0.5, 0.6) is 5.75 Å². The van der Waals surface area contributed by atoms with Gasteiger partial charge in [-0.1, -0.05) is 12.1 Å². The van der Waals surface area contributed by atoms with Gasteiger partial charge in [0.15, 0.2) is 0 Å². The van der Waals surface area contributed by atoms with Gasteiger partial charge in [-0.15, -0.1) is 0 Å². The number of carbonyl (C=O) groups excluding carboxylic acids is 1. The molecule has 0 saturated carbocycles. The van der Waals surface area contributed by atoms with Crippen molar-refractivity contribution in [3.05, 3.63) is 29.8 Å². The number of methoxy groups -OCH3 is 1. The fraction of sp³-hybridized carbons (Fsp3) is 0.533. The van der Waals surface area contributed by atoms with Crippen molar-refractivity contribution in [2.24, 2.45) is 0 Å². The summed E-state index contributed by atoms with van der Waals surface area (Å²) in [5.74, 6) is 0.166. The second-order valence-corrected chi connectivity index (χ2v) is 5.58. The van der Waals surface area contributed by atoms with Crippen LogP contribution < -0.4 is 15.8 Å². The second kappa shape index (κ2) is 7.26. The normalized spacial score (nSPS) is 13.0. The molecule has 0 aromatic heterocycles. The van der Waals surface area contributed by atoms with Gasteiger partial charge >= 0.3 is 0 Å². The third-order valence-electron chi connectivity index (χ3n) is 2.56. The minimum absolute atomic E-state index is 0.0351. The van der Waals surface area contributed by atoms with Crippen molar-refractivity contribution in [2.45, 2.75) is 45.6 Å². The summed E-state index contributed by atoms with van der Waals surface area (Å²) in [4.78, 5) is 11.0. The summed E-state index contributed by atoms with van der Waals surface area (Å²) in [5.41, 5.74) is 7.77. The number of benzene rings is 1. The summed E-state index contributed by atoms with van der Waals surface area (Å²) in [5, 5.41) is 3.16. The molecule has 1 unspecified atom stereocenters. The number of carbonyl (C=O) groups is 1. The van der Waals surface area contributed by atoms with Crippen LogP contribution in [0.1, 0.15) is 32.8 Å². The quantitative estimate of drug-likeness (QED) is 0.776. The number of amides is 1. The van der Waals surface area contributed by atoms with Crippen LogP contribution in [0.3, 0.4) is 0 Å². The van der Waals surface area contributed by atoms with Gasteiger partial charge in [-0.05, 0) is 38.5 Å². The maximum atomic E-state index is 11.0. The fourth-order valence-corrected chi connectivity index (χ4v) is 1.73. The Kier molecular flexibility index (Phi) is 5.98. The molecule has 0 heterocycles. The monoisotopic (exact) mass is 279 g/mol. The van der Waals surface area contributed by atoms with Gasteiger partial charge in [-0.2, -0.15) is 0 Å². The Morgan fingerprint density at radius 2 is 1.90 bits per heavy atom. The lowest BCUT2D eigenvalue weighted by atomic mass is 10.2. The highest BCUT2D eigenvalue weighted by atomic mass is 16.5. The standard InChI is InChI=1S/C15H23N2O3/c1-15(2,3)20-14(9-13(16)18)17-10-11-5-7-12(19-4)8-6-11/h5-8,14,16-17H,9-10H2,1-4H3. The maximum Gasteiger partial charge on any atom is 0.242 e. The third kappa shape index (κ3) is 6.54. The van der Waals surface area contributed by atoms with Gasteiger partial charge in [0.25, 0.3) is 0 Å². The third-order valence-corrected chi connectivity index (χ3v) is 2.56. The van der Waals surface area contributed by atoms with Crippen molar-refractivity contribution in [1.82, 2.24) is 11.1 Å². The van der Waals surface area contributed by atoms with E-state index in [-0.39, 0.29) is 12.0 Å². The number of hydrogen-bond donors (Lipinski definition) is 1. The van der Waals surface area contributed by atoms with Gasteiger partial charge in [-0.3, -0.25) is 15.8 Å². The van der Waals surface area contributed by atoms with E-state index >= 15 is 0 Å². The van der Waals surface area contributed by atoms with Crippen LogP contribution >= 0.6 is 0 Å². The van der Waals surface area contributed by atoms with Crippen LogP contribution in [0.4, 0.5) is 0 Å². The zero-order valence-electron chi connectivity index (χ0n) is 12.5. The Labute approximate surface area is 120 Å². The van der Waals surface area contributed by atoms with Crippen LogP contribution in [0.2, 0.25) is 0 Å². The zero-order valence-corrected chi connectivity index (χ0v) is 12.5. The summed E-state index contributed by atoms with van der Waals surface area (Å²) >= 11 is 0. The summed E-state index contributed by atoms with van der Waals surface area (Å²) in [6, 6.07) is 7.66. The molecule has 1 atom stereocenters. The van der Waals surface area contributed by atoms with E-state index in [9.17, 15) is 4.79 Å². The van der Waals surface area contributed by atoms with Crippen LogP contribution in [0, 0.1) is 0 Å². The molecule has 0 spiro atoms. The molecule has 0 bridgehead atoms. The van der Waals surface area contributed by atoms with Crippen LogP contribution in [-0.4, -0.2) is 24.8 Å². The molecule has 1 aromatic rings. The largest absolute Gasteiger partial charge is 0.497 e. The average molecular weight is 279 g/mol. The van der Waals surface area contributed by atoms with Crippen molar-refractivity contribution < 1.29 is 14.3 Å². The van der Waals surface area contributed by atoms with Gasteiger partial charge in [0.2, 0.25) is 5.91 Å². The number of nitrogens with one attached hydrogen (secondary N) is 2. The highest BCUT2D eigenvalue weighted by molar-refractivity contribution is 5.73. The summed E-state index contributed by atoms with van der Waals surface area (Å²) in [7, 11) is 1.63. The van der Waals surface area contributed by atoms with E-state index in [0.29, 0.717) is 6.54 Å². The van der Waals surface area contributed by atoms with E-state index in [0.717, 1.165) is 11.3 Å². The molecule has 1 aromatic carbocycles. The van der Waals surface area contributed by atoms with Gasteiger partial charge in [0.1, 0.15) is 12.0 Å². The van der Waals surface area contributed by atoms with Crippen LogP contribution in [0.25, 0.3) is 0 Å². The Bertz CT molecular complexity index is 424. The van der Waals surface area contributed by atoms with Crippen LogP contribution in [-0.2, 0) is 16.1 Å². The van der Waals surface area contributed by atoms with Gasteiger partial charge in [-0.25, -0.2) is 0 Å². The van der Waals surface area contributed by atoms with E-state index in [1.54, 1.807) is 7.11 Å². The molecule has 1 amide bonds. The first kappa shape index (κ1) is 16.5. The Morgan fingerprint density at radius 3 is 2.35 bits per heavy atom. The van der Waals surface area contributed by atoms with Crippen molar-refractivity contribution in [3.63, 3.8) is 0 Å². The van der Waals surface area contributed by atoms with Gasteiger partial charge in [0, 0.05) is 6.54 Å². The second-order valence-electron chi connectivity index (χ2n) is 5.58. The predicted molar refractivity (Wildman–Crippen MR) is 77.2 cm³/mol. The summed E-state index contributed by atoms with van der Waals surface area (Å²) in [6.07, 6.45) is -0.421. The predicted octanol–water partition coefficient (Wildman–Crippen LogP) is 2.13. The molecule has 5 heteroatoms. The Hall–Kier alpha value is -1.59. The molecular formula is C15H23N2O3. The average Bonchev–Trinajstić information content (AvgIpc) is 2.34. The molecule has 20 heavy (non-hydrogen) atoms. The maximum absolute atomic E-state index is 11.0. The fourth-order valence-electron chi connectivity index (χ4n) is 1.73. The molecule has 0 aliphatic heterocycles. The highest BCUT2D eigenvalue weighted by Crippen LogP contribution is 2.14. The van der Waals surface area contributed by atoms with E-state index < -0.39 is 12.1 Å². The topological polar surface area (TPSA) is 71.4 Å². The van der Waals surface area contributed by atoms with Gasteiger partial charge in [0.05, 0.1) is 19.1 Å². The van der Waals surface area contributed by atoms with E-state index in [2.05, 4.69) is 5.32 Å². The van der Waals surface area contributed by atoms with Crippen LogP contribution in [0.15, 0.2) is 24.3 Å². The zero-order chi connectivity index (χ0) is 15.2. The molecule has 5 nitrogen and oxygen atoms in total. The van der Waals surface area contributed by atoms with Crippen molar-refractivity contribution >= 4 is 5.91 Å². The van der Waals surface area contributed by atoms with E-state index in [1.165, 1.54) is 0 Å². The van der Waals surface area contributed by atoms with E-state index in [4.69, 9.17) is 15.2 Å². The Morgan fingerprint density at radius 1 is 1.30 bits per heavy atom.